The number of nitrogens with one attached hydrogen (secondary N) is 1. The number of hydrazine groups is 1. The maximum Gasteiger partial charge on any atom is 0.106 e. The van der Waals surface area contributed by atoms with Gasteiger partial charge in [-0.15, -0.1) is 0 Å². The average Bonchev–Trinajstić information content (AvgIpc) is 2.20. The Labute approximate surface area is 82.7 Å². The Balaban J connectivity index is 3.18. The normalized spacial score (nSPS) is 11.7. The predicted octanol–water partition coefficient (Wildman–Crippen LogP) is 1.06. The Morgan fingerprint density at radius 3 is 2.93 bits per heavy atom. The number of rotatable bonds is 9. The molecule has 84 valence electrons. The highest BCUT2D eigenvalue weighted by molar-refractivity contribution is 4.38. The van der Waals surface area contributed by atoms with Crippen LogP contribution < -0.4 is 5.43 Å². The third kappa shape index (κ3) is 9.17. The molecule has 0 radical (unpaired) electrons. The van der Waals surface area contributed by atoms with Crippen molar-refractivity contribution in [3.63, 3.8) is 0 Å². The topological polar surface area (TPSA) is 89.2 Å². The molecular weight excluding hydrogens is 190 g/mol. The maximum absolute atomic E-state index is 10.8. The molecule has 14 heavy (non-hydrogen) atoms. The van der Waals surface area contributed by atoms with Crippen molar-refractivity contribution in [1.82, 2.24) is 5.43 Å². The van der Waals surface area contributed by atoms with E-state index in [0.717, 1.165) is 12.8 Å². The Bertz CT molecular complexity index is 154. The van der Waals surface area contributed by atoms with E-state index in [9.17, 15) is 5.21 Å². The highest BCUT2D eigenvalue weighted by Gasteiger charge is 1.94. The summed E-state index contributed by atoms with van der Waals surface area (Å²) >= 11 is 0. The molecule has 0 spiro atoms. The van der Waals surface area contributed by atoms with Crippen LogP contribution in [0.4, 0.5) is 0 Å². The van der Waals surface area contributed by atoms with Crippen LogP contribution in [0.15, 0.2) is 5.11 Å². The molecule has 0 amide bonds. The first-order chi connectivity index (χ1) is 6.81. The zero-order valence-electron chi connectivity index (χ0n) is 8.31. The first-order valence-corrected chi connectivity index (χ1v) is 4.62. The fraction of sp³-hybridized carbons (Fsp3) is 1.00. The molecule has 0 aliphatic heterocycles. The lowest BCUT2D eigenvalue weighted by Crippen LogP contribution is -2.24. The highest BCUT2D eigenvalue weighted by Crippen LogP contribution is 1.88. The molecule has 7 nitrogen and oxygen atoms in total. The fourth-order valence-corrected chi connectivity index (χ4v) is 0.739. The van der Waals surface area contributed by atoms with Gasteiger partial charge in [-0.1, -0.05) is 12.0 Å². The van der Waals surface area contributed by atoms with Crippen molar-refractivity contribution in [1.29, 1.82) is 0 Å². The third-order valence-corrected chi connectivity index (χ3v) is 1.41. The average molecular weight is 207 g/mol. The van der Waals surface area contributed by atoms with E-state index < -0.39 is 0 Å². The van der Waals surface area contributed by atoms with Gasteiger partial charge >= 0.3 is 0 Å². The molecule has 0 aromatic rings. The van der Waals surface area contributed by atoms with Crippen molar-refractivity contribution >= 4 is 0 Å². The van der Waals surface area contributed by atoms with Crippen LogP contribution >= 0.6 is 0 Å². The minimum Gasteiger partial charge on any atom is -0.572 e. The Hall–Kier alpha value is -0.920. The Morgan fingerprint density at radius 1 is 1.50 bits per heavy atom. The van der Waals surface area contributed by atoms with Gasteiger partial charge in [0.15, 0.2) is 0 Å². The van der Waals surface area contributed by atoms with Crippen LogP contribution in [0.2, 0.25) is 0 Å². The SMILES string of the molecule is CCCN=[N+]([O-])NCCCCOOO. The maximum atomic E-state index is 10.8. The second-order valence-corrected chi connectivity index (χ2v) is 2.65. The summed E-state index contributed by atoms with van der Waals surface area (Å²) in [5, 5.41) is 25.7. The highest BCUT2D eigenvalue weighted by atomic mass is 17.5. The van der Waals surface area contributed by atoms with E-state index >= 15 is 0 Å². The van der Waals surface area contributed by atoms with Crippen LogP contribution in [-0.4, -0.2) is 29.9 Å². The van der Waals surface area contributed by atoms with Gasteiger partial charge in [0, 0.05) is 4.97 Å². The molecule has 0 heterocycles. The molecular formula is C7H17N3O4. The van der Waals surface area contributed by atoms with Crippen molar-refractivity contribution in [2.45, 2.75) is 26.2 Å². The minimum atomic E-state index is 0.295. The van der Waals surface area contributed by atoms with E-state index in [2.05, 4.69) is 20.5 Å². The van der Waals surface area contributed by atoms with Gasteiger partial charge in [0.05, 0.1) is 13.2 Å². The van der Waals surface area contributed by atoms with Gasteiger partial charge in [0.25, 0.3) is 0 Å². The lowest BCUT2D eigenvalue weighted by atomic mass is 10.3. The van der Waals surface area contributed by atoms with Gasteiger partial charge in [-0.05, 0) is 24.4 Å². The summed E-state index contributed by atoms with van der Waals surface area (Å²) in [6.07, 6.45) is 2.28. The third-order valence-electron chi connectivity index (χ3n) is 1.41. The lowest BCUT2D eigenvalue weighted by Gasteiger charge is -2.02. The molecule has 0 saturated heterocycles. The van der Waals surface area contributed by atoms with Crippen LogP contribution in [0, 0.1) is 5.21 Å². The van der Waals surface area contributed by atoms with E-state index in [1.807, 2.05) is 6.92 Å². The van der Waals surface area contributed by atoms with Crippen LogP contribution in [0.25, 0.3) is 0 Å². The van der Waals surface area contributed by atoms with Crippen molar-refractivity contribution in [2.24, 2.45) is 5.11 Å². The molecule has 0 aliphatic carbocycles. The van der Waals surface area contributed by atoms with Gasteiger partial charge in [0.1, 0.15) is 6.54 Å². The minimum absolute atomic E-state index is 0.295. The molecule has 0 rings (SSSR count). The van der Waals surface area contributed by atoms with Crippen LogP contribution in [0.1, 0.15) is 26.2 Å². The number of nitrogens with zero attached hydrogens (tertiary/aromatic N) is 2. The summed E-state index contributed by atoms with van der Waals surface area (Å²) in [7, 11) is 0. The Kier molecular flexibility index (Phi) is 9.49. The molecule has 0 aromatic heterocycles. The molecule has 0 unspecified atom stereocenters. The summed E-state index contributed by atoms with van der Waals surface area (Å²) in [4.78, 5) is 4.70. The predicted molar refractivity (Wildman–Crippen MR) is 48.1 cm³/mol. The van der Waals surface area contributed by atoms with Gasteiger partial charge in [-0.2, -0.15) is 5.43 Å². The summed E-state index contributed by atoms with van der Waals surface area (Å²) in [5.74, 6) is 0. The summed E-state index contributed by atoms with van der Waals surface area (Å²) in [5.41, 5.74) is 2.55. The monoisotopic (exact) mass is 207 g/mol. The van der Waals surface area contributed by atoms with Crippen molar-refractivity contribution in [3.05, 3.63) is 5.21 Å². The zero-order valence-corrected chi connectivity index (χ0v) is 8.31. The van der Waals surface area contributed by atoms with E-state index in [0.29, 0.717) is 31.1 Å². The second kappa shape index (κ2) is 10.2. The smallest absolute Gasteiger partial charge is 0.106 e. The van der Waals surface area contributed by atoms with E-state index in [1.54, 1.807) is 0 Å². The number of hydrogen-bond donors (Lipinski definition) is 2. The quantitative estimate of drug-likeness (QED) is 0.194. The largest absolute Gasteiger partial charge is 0.572 e. The van der Waals surface area contributed by atoms with Crippen molar-refractivity contribution in [3.8, 4) is 0 Å². The van der Waals surface area contributed by atoms with Crippen LogP contribution in [0.3, 0.4) is 0 Å². The van der Waals surface area contributed by atoms with Crippen molar-refractivity contribution < 1.29 is 20.2 Å². The molecule has 0 atom stereocenters. The molecule has 0 saturated carbocycles. The molecule has 2 N–H and O–H groups in total. The van der Waals surface area contributed by atoms with E-state index in [-0.39, 0.29) is 0 Å². The first kappa shape index (κ1) is 13.1. The fourth-order valence-electron chi connectivity index (χ4n) is 0.739. The molecule has 0 aromatic carbocycles. The number of unbranched alkanes of at least 4 members (excludes halogenated alkanes) is 1. The van der Waals surface area contributed by atoms with Gasteiger partial charge in [0.2, 0.25) is 0 Å². The number of hydrogen-bond acceptors (Lipinski definition) is 5. The zero-order chi connectivity index (χ0) is 10.6. The van der Waals surface area contributed by atoms with Gasteiger partial charge in [-0.25, -0.2) is 10.1 Å². The van der Waals surface area contributed by atoms with Crippen molar-refractivity contribution in [2.75, 3.05) is 19.7 Å². The summed E-state index contributed by atoms with van der Waals surface area (Å²) < 4.78 is 0. The molecule has 0 aliphatic rings. The van der Waals surface area contributed by atoms with Gasteiger partial charge < -0.3 is 5.21 Å². The van der Waals surface area contributed by atoms with Crippen LogP contribution in [0.5, 0.6) is 0 Å². The first-order valence-electron chi connectivity index (χ1n) is 4.62. The standard InChI is InChI=1S/C7H17N3O4/c1-2-5-8-10(11)9-6-3-4-7-13-14-12/h12H,2-7H2,1H3,(H,8,9). The second-order valence-electron chi connectivity index (χ2n) is 2.65. The van der Waals surface area contributed by atoms with E-state index in [1.165, 1.54) is 0 Å². The van der Waals surface area contributed by atoms with E-state index in [4.69, 9.17) is 5.26 Å². The molecule has 0 fully saturated rings. The molecule has 7 heteroatoms. The van der Waals surface area contributed by atoms with Gasteiger partial charge in [-0.3, -0.25) is 0 Å². The summed E-state index contributed by atoms with van der Waals surface area (Å²) in [6.45, 7) is 3.29. The lowest BCUT2D eigenvalue weighted by molar-refractivity contribution is -0.590. The molecule has 0 bridgehead atoms. The van der Waals surface area contributed by atoms with Crippen LogP contribution in [-0.2, 0) is 9.93 Å². The Morgan fingerprint density at radius 2 is 2.29 bits per heavy atom. The summed E-state index contributed by atoms with van der Waals surface area (Å²) in [6, 6.07) is 0.